The Bertz CT molecular complexity index is 209. The maximum atomic E-state index is 11.7. The van der Waals surface area contributed by atoms with E-state index in [1.165, 1.54) is 0 Å². The third-order valence-electron chi connectivity index (χ3n) is 2.73. The van der Waals surface area contributed by atoms with Crippen LogP contribution in [-0.4, -0.2) is 31.8 Å². The molecule has 3 N–H and O–H groups in total. The molecule has 0 spiro atoms. The lowest BCUT2D eigenvalue weighted by Crippen LogP contribution is -2.55. The molecule has 0 rings (SSSR count). The van der Waals surface area contributed by atoms with Gasteiger partial charge in [0, 0.05) is 12.6 Å². The zero-order chi connectivity index (χ0) is 12.1. The van der Waals surface area contributed by atoms with Crippen molar-refractivity contribution < 1.29 is 14.4 Å². The molecule has 0 unspecified atom stereocenters. The van der Waals surface area contributed by atoms with Crippen LogP contribution in [0.5, 0.6) is 0 Å². The summed E-state index contributed by atoms with van der Waals surface area (Å²) in [5, 5.41) is 0. The van der Waals surface area contributed by atoms with Crippen molar-refractivity contribution >= 4 is 5.91 Å². The molecule has 15 heavy (non-hydrogen) atoms. The van der Waals surface area contributed by atoms with Gasteiger partial charge >= 0.3 is 0 Å². The van der Waals surface area contributed by atoms with Crippen LogP contribution in [0.3, 0.4) is 0 Å². The van der Waals surface area contributed by atoms with Gasteiger partial charge in [0.2, 0.25) is 0 Å². The van der Waals surface area contributed by atoms with Gasteiger partial charge in [-0.05, 0) is 27.7 Å². The summed E-state index contributed by atoms with van der Waals surface area (Å²) in [5.41, 5.74) is 6.97. The number of hydroxylamine groups is 1. The Morgan fingerprint density at radius 3 is 2.20 bits per heavy atom. The number of hydrogen-bond acceptors (Lipinski definition) is 4. The second kappa shape index (κ2) is 5.44. The van der Waals surface area contributed by atoms with Crippen LogP contribution in [0.4, 0.5) is 0 Å². The van der Waals surface area contributed by atoms with Gasteiger partial charge in [-0.1, -0.05) is 0 Å². The lowest BCUT2D eigenvalue weighted by Gasteiger charge is -2.36. The average Bonchev–Trinajstić information content (AvgIpc) is 2.10. The lowest BCUT2D eigenvalue weighted by molar-refractivity contribution is -0.146. The highest BCUT2D eigenvalue weighted by atomic mass is 16.7. The first kappa shape index (κ1) is 14.3. The largest absolute Gasteiger partial charge is 0.382 e. The van der Waals surface area contributed by atoms with Crippen molar-refractivity contribution in [2.75, 3.05) is 20.3 Å². The van der Waals surface area contributed by atoms with E-state index in [1.807, 2.05) is 13.8 Å². The SMILES string of the molecule is COCCONC(=O)C(C)(C)C(C)(C)N. The second-order valence-electron chi connectivity index (χ2n) is 4.62. The number of carbonyl (C=O) groups excluding carboxylic acids is 1. The molecule has 0 fully saturated rings. The minimum Gasteiger partial charge on any atom is -0.382 e. The van der Waals surface area contributed by atoms with Crippen molar-refractivity contribution in [3.63, 3.8) is 0 Å². The van der Waals surface area contributed by atoms with Crippen LogP contribution < -0.4 is 11.2 Å². The van der Waals surface area contributed by atoms with Gasteiger partial charge in [0.25, 0.3) is 5.91 Å². The van der Waals surface area contributed by atoms with Crippen LogP contribution in [-0.2, 0) is 14.4 Å². The van der Waals surface area contributed by atoms with E-state index in [1.54, 1.807) is 21.0 Å². The highest BCUT2D eigenvalue weighted by Gasteiger charge is 2.40. The minimum absolute atomic E-state index is 0.230. The highest BCUT2D eigenvalue weighted by Crippen LogP contribution is 2.28. The van der Waals surface area contributed by atoms with Crippen molar-refractivity contribution in [3.05, 3.63) is 0 Å². The van der Waals surface area contributed by atoms with Crippen LogP contribution in [0.15, 0.2) is 0 Å². The van der Waals surface area contributed by atoms with Crippen LogP contribution in [0.1, 0.15) is 27.7 Å². The number of amides is 1. The maximum Gasteiger partial charge on any atom is 0.251 e. The smallest absolute Gasteiger partial charge is 0.251 e. The molecule has 5 nitrogen and oxygen atoms in total. The van der Waals surface area contributed by atoms with E-state index in [9.17, 15) is 4.79 Å². The Hall–Kier alpha value is -0.650. The fourth-order valence-electron chi connectivity index (χ4n) is 0.662. The van der Waals surface area contributed by atoms with Crippen molar-refractivity contribution in [3.8, 4) is 0 Å². The molecule has 0 aromatic heterocycles. The van der Waals surface area contributed by atoms with Crippen molar-refractivity contribution in [2.24, 2.45) is 11.1 Å². The first-order chi connectivity index (χ1) is 6.73. The molecule has 0 aliphatic heterocycles. The summed E-state index contributed by atoms with van der Waals surface area (Å²) >= 11 is 0. The summed E-state index contributed by atoms with van der Waals surface area (Å²) in [7, 11) is 1.57. The first-order valence-electron chi connectivity index (χ1n) is 4.93. The van der Waals surface area contributed by atoms with Crippen molar-refractivity contribution in [1.29, 1.82) is 0 Å². The van der Waals surface area contributed by atoms with E-state index in [0.717, 1.165) is 0 Å². The Kier molecular flexibility index (Phi) is 5.20. The van der Waals surface area contributed by atoms with Gasteiger partial charge in [0.05, 0.1) is 18.6 Å². The third kappa shape index (κ3) is 4.15. The molecule has 0 saturated carbocycles. The number of carbonyl (C=O) groups is 1. The molecular formula is C10H22N2O3. The Morgan fingerprint density at radius 1 is 1.27 bits per heavy atom. The van der Waals surface area contributed by atoms with E-state index in [0.29, 0.717) is 13.2 Å². The normalized spacial score (nSPS) is 12.7. The fourth-order valence-corrected chi connectivity index (χ4v) is 0.662. The standard InChI is InChI=1S/C10H22N2O3/c1-9(2,10(3,4)11)8(13)12-15-7-6-14-5/h6-7,11H2,1-5H3,(H,12,13). The van der Waals surface area contributed by atoms with Gasteiger partial charge in [-0.3, -0.25) is 9.63 Å². The maximum absolute atomic E-state index is 11.7. The van der Waals surface area contributed by atoms with Crippen LogP contribution in [0.2, 0.25) is 0 Å². The molecule has 0 aliphatic rings. The Labute approximate surface area is 91.3 Å². The third-order valence-corrected chi connectivity index (χ3v) is 2.73. The average molecular weight is 218 g/mol. The second-order valence-corrected chi connectivity index (χ2v) is 4.62. The number of nitrogens with two attached hydrogens (primary N) is 1. The number of nitrogens with one attached hydrogen (secondary N) is 1. The Morgan fingerprint density at radius 2 is 1.80 bits per heavy atom. The molecule has 1 amide bonds. The molecule has 0 aliphatic carbocycles. The van der Waals surface area contributed by atoms with Gasteiger partial charge in [0.15, 0.2) is 0 Å². The lowest BCUT2D eigenvalue weighted by atomic mass is 9.75. The summed E-state index contributed by atoms with van der Waals surface area (Å²) in [6.07, 6.45) is 0. The number of rotatable bonds is 6. The van der Waals surface area contributed by atoms with Crippen LogP contribution in [0.25, 0.3) is 0 Å². The molecular weight excluding hydrogens is 196 g/mol. The van der Waals surface area contributed by atoms with Gasteiger partial charge in [-0.25, -0.2) is 5.48 Å². The zero-order valence-electron chi connectivity index (χ0n) is 10.2. The van der Waals surface area contributed by atoms with Crippen LogP contribution >= 0.6 is 0 Å². The number of hydrogen-bond donors (Lipinski definition) is 2. The van der Waals surface area contributed by atoms with E-state index < -0.39 is 11.0 Å². The summed E-state index contributed by atoms with van der Waals surface area (Å²) in [4.78, 5) is 16.7. The van der Waals surface area contributed by atoms with Gasteiger partial charge < -0.3 is 10.5 Å². The van der Waals surface area contributed by atoms with Crippen molar-refractivity contribution in [1.82, 2.24) is 5.48 Å². The van der Waals surface area contributed by atoms with Gasteiger partial charge in [0.1, 0.15) is 0 Å². The molecule has 0 atom stereocenters. The van der Waals surface area contributed by atoms with Crippen LogP contribution in [0, 0.1) is 5.41 Å². The summed E-state index contributed by atoms with van der Waals surface area (Å²) in [5.74, 6) is -0.230. The highest BCUT2D eigenvalue weighted by molar-refractivity contribution is 5.82. The van der Waals surface area contributed by atoms with Gasteiger partial charge in [-0.15, -0.1) is 0 Å². The Balaban J connectivity index is 4.10. The first-order valence-corrected chi connectivity index (χ1v) is 4.93. The summed E-state index contributed by atoms with van der Waals surface area (Å²) in [6, 6.07) is 0. The number of ether oxygens (including phenoxy) is 1. The summed E-state index contributed by atoms with van der Waals surface area (Å²) < 4.78 is 4.78. The zero-order valence-corrected chi connectivity index (χ0v) is 10.2. The van der Waals surface area contributed by atoms with E-state index in [2.05, 4.69) is 5.48 Å². The predicted octanol–water partition coefficient (Wildman–Crippen LogP) is 0.444. The molecule has 0 aromatic rings. The molecule has 5 heteroatoms. The number of methoxy groups -OCH3 is 1. The fraction of sp³-hybridized carbons (Fsp3) is 0.900. The van der Waals surface area contributed by atoms with Crippen molar-refractivity contribution in [2.45, 2.75) is 33.2 Å². The molecule has 0 heterocycles. The van der Waals surface area contributed by atoms with E-state index >= 15 is 0 Å². The molecule has 0 radical (unpaired) electrons. The quantitative estimate of drug-likeness (QED) is 0.501. The molecule has 0 bridgehead atoms. The summed E-state index contributed by atoms with van der Waals surface area (Å²) in [6.45, 7) is 7.93. The van der Waals surface area contributed by atoms with E-state index in [-0.39, 0.29) is 5.91 Å². The van der Waals surface area contributed by atoms with E-state index in [4.69, 9.17) is 15.3 Å². The minimum atomic E-state index is -0.694. The molecule has 0 aromatic carbocycles. The molecule has 0 saturated heterocycles. The molecule has 90 valence electrons. The predicted molar refractivity (Wildman–Crippen MR) is 58.0 cm³/mol. The van der Waals surface area contributed by atoms with Gasteiger partial charge in [-0.2, -0.15) is 0 Å². The monoisotopic (exact) mass is 218 g/mol. The topological polar surface area (TPSA) is 73.6 Å².